The van der Waals surface area contributed by atoms with E-state index in [0.29, 0.717) is 17.5 Å². The summed E-state index contributed by atoms with van der Waals surface area (Å²) < 4.78 is 6.78. The predicted octanol–water partition coefficient (Wildman–Crippen LogP) is 11.8. The highest BCUT2D eigenvalue weighted by Gasteiger charge is 2.21. The normalized spacial score (nSPS) is 11.5. The fourth-order valence-corrected chi connectivity index (χ4v) is 7.19. The van der Waals surface area contributed by atoms with Gasteiger partial charge in [0.2, 0.25) is 0 Å². The average Bonchev–Trinajstić information content (AvgIpc) is 3.58. The van der Waals surface area contributed by atoms with Gasteiger partial charge >= 0.3 is 0 Å². The lowest BCUT2D eigenvalue weighted by Gasteiger charge is -2.14. The largest absolute Gasteiger partial charge is 0.455 e. The van der Waals surface area contributed by atoms with E-state index in [2.05, 4.69) is 89.9 Å². The zero-order valence-electron chi connectivity index (χ0n) is 27.4. The molecule has 0 aliphatic heterocycles. The van der Waals surface area contributed by atoms with E-state index in [1.165, 1.54) is 0 Å². The van der Waals surface area contributed by atoms with Crippen molar-refractivity contribution in [1.82, 2.24) is 19.9 Å². The minimum absolute atomic E-state index is 0.628. The van der Waals surface area contributed by atoms with Crippen molar-refractivity contribution >= 4 is 43.5 Å². The number of nitrogens with zero attached hydrogens (tertiary/aromatic N) is 4. The maximum absolute atomic E-state index is 6.78. The molecule has 7 aromatic carbocycles. The summed E-state index contributed by atoms with van der Waals surface area (Å²) in [4.78, 5) is 19.5. The zero-order chi connectivity index (χ0) is 33.7. The van der Waals surface area contributed by atoms with Gasteiger partial charge in [0, 0.05) is 50.8 Å². The topological polar surface area (TPSA) is 64.7 Å². The van der Waals surface area contributed by atoms with Crippen LogP contribution < -0.4 is 0 Å². The molecule has 0 bridgehead atoms. The van der Waals surface area contributed by atoms with Gasteiger partial charge in [0.25, 0.3) is 0 Å². The van der Waals surface area contributed by atoms with E-state index >= 15 is 0 Å². The second-order valence-electron chi connectivity index (χ2n) is 12.6. The number of hydrogen-bond acceptors (Lipinski definition) is 5. The number of hydrogen-bond donors (Lipinski definition) is 0. The van der Waals surface area contributed by atoms with Crippen LogP contribution in [-0.2, 0) is 0 Å². The van der Waals surface area contributed by atoms with Gasteiger partial charge in [0.1, 0.15) is 11.2 Å². The second-order valence-corrected chi connectivity index (χ2v) is 12.6. The molecule has 0 aliphatic carbocycles. The highest BCUT2D eigenvalue weighted by Crippen LogP contribution is 2.45. The van der Waals surface area contributed by atoms with Gasteiger partial charge in [-0.1, -0.05) is 127 Å². The molecule has 10 aromatic rings. The smallest absolute Gasteiger partial charge is 0.164 e. The average molecular weight is 653 g/mol. The Bertz CT molecular complexity index is 2840. The SMILES string of the molecule is c1ccc(-c2nc(-c3ccccc3)nc(-c3ccc(-c4ccc(-c5ccccc5)c5oc6cc7ccncc7cc6c45)c4ccccc34)n2)cc1. The third-order valence-electron chi connectivity index (χ3n) is 9.62. The van der Waals surface area contributed by atoms with Crippen molar-refractivity contribution < 1.29 is 4.42 Å². The number of fused-ring (bicyclic) bond motifs is 5. The quantitative estimate of drug-likeness (QED) is 0.185. The van der Waals surface area contributed by atoms with Crippen molar-refractivity contribution in [2.24, 2.45) is 0 Å². The molecule has 51 heavy (non-hydrogen) atoms. The van der Waals surface area contributed by atoms with Gasteiger partial charge in [-0.15, -0.1) is 0 Å². The third kappa shape index (κ3) is 4.94. The molecule has 238 valence electrons. The van der Waals surface area contributed by atoms with E-state index in [1.807, 2.05) is 85.2 Å². The molecule has 3 heterocycles. The number of aromatic nitrogens is 4. The van der Waals surface area contributed by atoms with Crippen LogP contribution in [0.25, 0.3) is 99.9 Å². The lowest BCUT2D eigenvalue weighted by molar-refractivity contribution is 0.670. The van der Waals surface area contributed by atoms with Crippen molar-refractivity contribution in [1.29, 1.82) is 0 Å². The first-order valence-corrected chi connectivity index (χ1v) is 17.0. The number of pyridine rings is 1. The summed E-state index contributed by atoms with van der Waals surface area (Å²) in [5.41, 5.74) is 8.90. The minimum Gasteiger partial charge on any atom is -0.455 e. The highest BCUT2D eigenvalue weighted by atomic mass is 16.3. The van der Waals surface area contributed by atoms with E-state index < -0.39 is 0 Å². The van der Waals surface area contributed by atoms with Crippen molar-refractivity contribution in [3.8, 4) is 56.4 Å². The first-order valence-electron chi connectivity index (χ1n) is 17.0. The standard InChI is InChI=1S/C46H28N4O/c1-4-12-29(13-5-1)34-20-22-38(42-40-26-33-28-47-25-24-32(33)27-41(40)51-43(34)42)37-21-23-39(36-19-11-10-18-35(36)37)46-49-44(30-14-6-2-7-15-30)48-45(50-46)31-16-8-3-9-17-31/h1-28H. The Hall–Kier alpha value is -6.98. The fourth-order valence-electron chi connectivity index (χ4n) is 7.19. The van der Waals surface area contributed by atoms with E-state index in [0.717, 1.165) is 82.4 Å². The van der Waals surface area contributed by atoms with Crippen LogP contribution in [0.4, 0.5) is 0 Å². The van der Waals surface area contributed by atoms with Crippen molar-refractivity contribution in [3.05, 3.63) is 170 Å². The van der Waals surface area contributed by atoms with Gasteiger partial charge < -0.3 is 4.42 Å². The molecular weight excluding hydrogens is 625 g/mol. The Labute approximate surface area is 293 Å². The molecule has 0 amide bonds. The Morgan fingerprint density at radius 3 is 1.63 bits per heavy atom. The molecule has 5 heteroatoms. The van der Waals surface area contributed by atoms with E-state index in [4.69, 9.17) is 19.4 Å². The Kier molecular flexibility index (Phi) is 6.74. The maximum atomic E-state index is 6.78. The Morgan fingerprint density at radius 2 is 0.941 bits per heavy atom. The summed E-state index contributed by atoms with van der Waals surface area (Å²) in [5, 5.41) is 6.46. The third-order valence-corrected chi connectivity index (χ3v) is 9.62. The monoisotopic (exact) mass is 652 g/mol. The van der Waals surface area contributed by atoms with Gasteiger partial charge in [0.15, 0.2) is 17.5 Å². The van der Waals surface area contributed by atoms with Gasteiger partial charge in [0.05, 0.1) is 0 Å². The molecule has 10 rings (SSSR count). The molecule has 0 fully saturated rings. The van der Waals surface area contributed by atoms with E-state index in [-0.39, 0.29) is 0 Å². The molecular formula is C46H28N4O. The zero-order valence-corrected chi connectivity index (χ0v) is 27.4. The number of furan rings is 1. The first kappa shape index (κ1) is 29.0. The van der Waals surface area contributed by atoms with Crippen LogP contribution in [0.2, 0.25) is 0 Å². The van der Waals surface area contributed by atoms with Crippen LogP contribution in [0.5, 0.6) is 0 Å². The van der Waals surface area contributed by atoms with Gasteiger partial charge in [-0.05, 0) is 63.2 Å². The van der Waals surface area contributed by atoms with Crippen LogP contribution >= 0.6 is 0 Å². The molecule has 0 unspecified atom stereocenters. The molecule has 0 radical (unpaired) electrons. The van der Waals surface area contributed by atoms with Crippen molar-refractivity contribution in [2.45, 2.75) is 0 Å². The summed E-state index contributed by atoms with van der Waals surface area (Å²) >= 11 is 0. The first-order chi connectivity index (χ1) is 25.3. The van der Waals surface area contributed by atoms with E-state index in [9.17, 15) is 0 Å². The lowest BCUT2D eigenvalue weighted by Crippen LogP contribution is -2.00. The molecule has 0 spiro atoms. The number of rotatable bonds is 5. The van der Waals surface area contributed by atoms with E-state index in [1.54, 1.807) is 0 Å². The predicted molar refractivity (Wildman–Crippen MR) is 207 cm³/mol. The van der Waals surface area contributed by atoms with Crippen LogP contribution in [0.3, 0.4) is 0 Å². The van der Waals surface area contributed by atoms with Gasteiger partial charge in [-0.25, -0.2) is 15.0 Å². The number of benzene rings is 7. The maximum Gasteiger partial charge on any atom is 0.164 e. The van der Waals surface area contributed by atoms with Crippen LogP contribution in [-0.4, -0.2) is 19.9 Å². The second kappa shape index (κ2) is 11.9. The molecule has 0 saturated carbocycles. The van der Waals surface area contributed by atoms with Gasteiger partial charge in [-0.2, -0.15) is 0 Å². The van der Waals surface area contributed by atoms with Crippen LogP contribution in [0.1, 0.15) is 0 Å². The Balaban J connectivity index is 1.23. The van der Waals surface area contributed by atoms with Crippen molar-refractivity contribution in [2.75, 3.05) is 0 Å². The Morgan fingerprint density at radius 1 is 0.392 bits per heavy atom. The summed E-state index contributed by atoms with van der Waals surface area (Å²) in [7, 11) is 0. The van der Waals surface area contributed by atoms with Crippen molar-refractivity contribution in [3.63, 3.8) is 0 Å². The fraction of sp³-hybridized carbons (Fsp3) is 0. The molecule has 0 N–H and O–H groups in total. The lowest BCUT2D eigenvalue weighted by atomic mass is 9.90. The molecule has 3 aromatic heterocycles. The molecule has 0 atom stereocenters. The summed E-state index contributed by atoms with van der Waals surface area (Å²) in [6.45, 7) is 0. The molecule has 0 saturated heterocycles. The van der Waals surface area contributed by atoms with Crippen LogP contribution in [0, 0.1) is 0 Å². The molecule has 0 aliphatic rings. The van der Waals surface area contributed by atoms with Crippen LogP contribution in [0.15, 0.2) is 175 Å². The summed E-state index contributed by atoms with van der Waals surface area (Å²) in [5.74, 6) is 1.90. The van der Waals surface area contributed by atoms with Gasteiger partial charge in [-0.3, -0.25) is 4.98 Å². The summed E-state index contributed by atoms with van der Waals surface area (Å²) in [6.07, 6.45) is 3.74. The highest BCUT2D eigenvalue weighted by molar-refractivity contribution is 6.21. The summed E-state index contributed by atoms with van der Waals surface area (Å²) in [6, 6.07) is 54.3. The molecule has 5 nitrogen and oxygen atoms in total. The minimum atomic E-state index is 0.628.